The molecule has 0 aliphatic heterocycles. The average molecular weight is 247 g/mol. The number of hydrogen-bond donors (Lipinski definition) is 0. The van der Waals surface area contributed by atoms with Gasteiger partial charge in [0.15, 0.2) is 0 Å². The molecule has 0 heterocycles. The van der Waals surface area contributed by atoms with Crippen LogP contribution < -0.4 is 0 Å². The lowest BCUT2D eigenvalue weighted by molar-refractivity contribution is 0.121. The number of nitrogens with zero attached hydrogens (tertiary/aromatic N) is 1. The first-order chi connectivity index (χ1) is 7.42. The van der Waals surface area contributed by atoms with E-state index < -0.39 is 9.53 Å². The van der Waals surface area contributed by atoms with Crippen molar-refractivity contribution < 1.29 is 18.1 Å². The second-order valence-corrected chi connectivity index (χ2v) is 6.59. The van der Waals surface area contributed by atoms with Crippen LogP contribution in [0.2, 0.25) is 0 Å². The summed E-state index contributed by atoms with van der Waals surface area (Å²) in [6.07, 6.45) is 2.34. The molecule has 0 saturated carbocycles. The topological polar surface area (TPSA) is 57.1 Å². The predicted octanol–water partition coefficient (Wildman–Crippen LogP) is 1.15. The maximum atomic E-state index is 10.3. The summed E-state index contributed by atoms with van der Waals surface area (Å²) in [5, 5.41) is 0. The Morgan fingerprint density at radius 1 is 1.31 bits per heavy atom. The molecular weight excluding hydrogens is 226 g/mol. The second-order valence-electron chi connectivity index (χ2n) is 4.73. The minimum atomic E-state index is -2.03. The van der Waals surface area contributed by atoms with Gasteiger partial charge in [-0.05, 0) is 11.8 Å². The third-order valence-electron chi connectivity index (χ3n) is 1.89. The largest absolute Gasteiger partial charge is 0.483 e. The van der Waals surface area contributed by atoms with Gasteiger partial charge >= 0.3 is 9.53 Å². The number of rotatable bonds is 7. The highest BCUT2D eigenvalue weighted by atomic mass is 28.3. The van der Waals surface area contributed by atoms with E-state index >= 15 is 0 Å². The molecule has 0 radical (unpaired) electrons. The van der Waals surface area contributed by atoms with Crippen LogP contribution in [-0.4, -0.2) is 42.5 Å². The molecule has 0 aromatic heterocycles. The van der Waals surface area contributed by atoms with Gasteiger partial charge < -0.3 is 13.3 Å². The van der Waals surface area contributed by atoms with Crippen LogP contribution in [0.1, 0.15) is 27.2 Å². The van der Waals surface area contributed by atoms with Crippen molar-refractivity contribution in [3.63, 3.8) is 0 Å². The van der Waals surface area contributed by atoms with E-state index in [1.807, 2.05) is 0 Å². The van der Waals surface area contributed by atoms with Crippen molar-refractivity contribution in [2.45, 2.75) is 33.2 Å². The molecule has 0 fully saturated rings. The van der Waals surface area contributed by atoms with Gasteiger partial charge in [0.1, 0.15) is 0 Å². The highest BCUT2D eigenvalue weighted by Crippen LogP contribution is 2.22. The SMILES string of the molecule is CO[SiH](OC)OCC(CC(C)(C)C)N=C=O. The highest BCUT2D eigenvalue weighted by Gasteiger charge is 2.21. The Morgan fingerprint density at radius 3 is 2.25 bits per heavy atom. The standard InChI is InChI=1S/C10H21NO4Si/c1-10(2,3)6-9(11-8-12)7-15-16(13-4)14-5/h9,16H,6-7H2,1-5H3. The molecule has 0 spiro atoms. The fourth-order valence-electron chi connectivity index (χ4n) is 1.35. The quantitative estimate of drug-likeness (QED) is 0.385. The van der Waals surface area contributed by atoms with Crippen LogP contribution in [0.4, 0.5) is 0 Å². The maximum absolute atomic E-state index is 10.3. The van der Waals surface area contributed by atoms with Gasteiger partial charge in [-0.25, -0.2) is 9.79 Å². The lowest BCUT2D eigenvalue weighted by atomic mass is 9.88. The lowest BCUT2D eigenvalue weighted by Crippen LogP contribution is -2.30. The Kier molecular flexibility index (Phi) is 7.45. The molecule has 0 saturated heterocycles. The molecule has 0 aliphatic rings. The van der Waals surface area contributed by atoms with E-state index in [4.69, 9.17) is 13.3 Å². The Morgan fingerprint density at radius 2 is 1.88 bits per heavy atom. The summed E-state index contributed by atoms with van der Waals surface area (Å²) >= 11 is 0. The Labute approximate surface area is 98.8 Å². The first-order valence-electron chi connectivity index (χ1n) is 5.17. The molecule has 1 atom stereocenters. The van der Waals surface area contributed by atoms with E-state index in [1.165, 1.54) is 0 Å². The van der Waals surface area contributed by atoms with E-state index in [0.717, 1.165) is 6.42 Å². The van der Waals surface area contributed by atoms with Gasteiger partial charge in [-0.3, -0.25) is 0 Å². The minimum absolute atomic E-state index is 0.0889. The zero-order valence-electron chi connectivity index (χ0n) is 10.6. The van der Waals surface area contributed by atoms with Crippen LogP contribution in [0, 0.1) is 5.41 Å². The van der Waals surface area contributed by atoms with Gasteiger partial charge in [-0.2, -0.15) is 0 Å². The smallest absolute Gasteiger partial charge is 0.379 e. The molecule has 0 aromatic rings. The van der Waals surface area contributed by atoms with Crippen LogP contribution >= 0.6 is 0 Å². The molecule has 0 N–H and O–H groups in total. The normalized spacial score (nSPS) is 13.6. The summed E-state index contributed by atoms with van der Waals surface area (Å²) < 4.78 is 15.4. The van der Waals surface area contributed by atoms with Gasteiger partial charge in [0, 0.05) is 14.2 Å². The Balaban J connectivity index is 4.18. The van der Waals surface area contributed by atoms with Crippen molar-refractivity contribution in [1.82, 2.24) is 0 Å². The molecule has 0 amide bonds. The third kappa shape index (κ3) is 7.73. The Bertz CT molecular complexity index is 231. The predicted molar refractivity (Wildman–Crippen MR) is 63.1 cm³/mol. The molecule has 1 unspecified atom stereocenters. The summed E-state index contributed by atoms with van der Waals surface area (Å²) in [5.41, 5.74) is 0.0889. The summed E-state index contributed by atoms with van der Waals surface area (Å²) in [4.78, 5) is 14.0. The summed E-state index contributed by atoms with van der Waals surface area (Å²) in [7, 11) is 1.06. The van der Waals surface area contributed by atoms with Crippen molar-refractivity contribution in [3.8, 4) is 0 Å². The lowest BCUT2D eigenvalue weighted by Gasteiger charge is -2.23. The van der Waals surface area contributed by atoms with E-state index in [2.05, 4.69) is 25.8 Å². The van der Waals surface area contributed by atoms with Crippen LogP contribution in [0.15, 0.2) is 4.99 Å². The monoisotopic (exact) mass is 247 g/mol. The first-order valence-corrected chi connectivity index (χ1v) is 6.58. The maximum Gasteiger partial charge on any atom is 0.483 e. The van der Waals surface area contributed by atoms with Gasteiger partial charge in [0.2, 0.25) is 6.08 Å². The van der Waals surface area contributed by atoms with Crippen LogP contribution in [0.5, 0.6) is 0 Å². The van der Waals surface area contributed by atoms with E-state index in [-0.39, 0.29) is 11.5 Å². The van der Waals surface area contributed by atoms with Crippen molar-refractivity contribution in [3.05, 3.63) is 0 Å². The molecule has 6 heteroatoms. The summed E-state index contributed by atoms with van der Waals surface area (Å²) in [6, 6.07) is -0.183. The molecular formula is C10H21NO4Si. The molecule has 16 heavy (non-hydrogen) atoms. The molecule has 0 aromatic carbocycles. The fourth-order valence-corrected chi connectivity index (χ4v) is 2.19. The second kappa shape index (κ2) is 7.70. The van der Waals surface area contributed by atoms with Crippen molar-refractivity contribution >= 4 is 15.6 Å². The Hall–Kier alpha value is -0.523. The minimum Gasteiger partial charge on any atom is -0.379 e. The van der Waals surface area contributed by atoms with Gasteiger partial charge in [-0.15, -0.1) is 0 Å². The zero-order valence-corrected chi connectivity index (χ0v) is 11.8. The number of hydrogen-bond acceptors (Lipinski definition) is 5. The fraction of sp³-hybridized carbons (Fsp3) is 0.900. The molecule has 0 aliphatic carbocycles. The van der Waals surface area contributed by atoms with Crippen molar-refractivity contribution in [2.75, 3.05) is 20.8 Å². The van der Waals surface area contributed by atoms with E-state index in [0.29, 0.717) is 6.61 Å². The summed E-state index contributed by atoms with van der Waals surface area (Å²) in [5.74, 6) is 0. The van der Waals surface area contributed by atoms with Crippen molar-refractivity contribution in [2.24, 2.45) is 10.4 Å². The number of carbonyl (C=O) groups excluding carboxylic acids is 1. The van der Waals surface area contributed by atoms with E-state index in [1.54, 1.807) is 20.3 Å². The molecule has 0 bridgehead atoms. The average Bonchev–Trinajstić information content (AvgIpc) is 2.17. The van der Waals surface area contributed by atoms with Crippen LogP contribution in [-0.2, 0) is 18.1 Å². The van der Waals surface area contributed by atoms with E-state index in [9.17, 15) is 4.79 Å². The van der Waals surface area contributed by atoms with Crippen LogP contribution in [0.25, 0.3) is 0 Å². The summed E-state index contributed by atoms with van der Waals surface area (Å²) in [6.45, 7) is 6.59. The first kappa shape index (κ1) is 15.5. The number of isocyanates is 1. The van der Waals surface area contributed by atoms with Crippen molar-refractivity contribution in [1.29, 1.82) is 0 Å². The highest BCUT2D eigenvalue weighted by molar-refractivity contribution is 6.36. The third-order valence-corrected chi connectivity index (χ3v) is 3.13. The zero-order chi connectivity index (χ0) is 12.6. The van der Waals surface area contributed by atoms with Gasteiger partial charge in [0.05, 0.1) is 12.6 Å². The van der Waals surface area contributed by atoms with Crippen LogP contribution in [0.3, 0.4) is 0 Å². The number of aliphatic imine (C=N–C) groups is 1. The van der Waals surface area contributed by atoms with Gasteiger partial charge in [0.25, 0.3) is 0 Å². The molecule has 94 valence electrons. The molecule has 0 rings (SSSR count). The van der Waals surface area contributed by atoms with Gasteiger partial charge in [-0.1, -0.05) is 20.8 Å². The molecule has 5 nitrogen and oxygen atoms in total.